The summed E-state index contributed by atoms with van der Waals surface area (Å²) in [6.45, 7) is 8.35. The van der Waals surface area contributed by atoms with E-state index in [4.69, 9.17) is 18.9 Å². The molecule has 9 atom stereocenters. The predicted octanol–water partition coefficient (Wildman–Crippen LogP) is 2.01. The Balaban J connectivity index is 1.52. The van der Waals surface area contributed by atoms with Gasteiger partial charge in [0.2, 0.25) is 0 Å². The first kappa shape index (κ1) is 16.8. The Kier molecular flexibility index (Phi) is 3.29. The standard InChI is InChI=1S/C20H26O6/c1-5-9(2)17(21)26-15-13-16(24-13)20(8-23-20)14-12-11(6-7-19(14,15)4)10(3)18(22)25-12/h5,10-16H,6-8H2,1-4H3/b9-5-/t10-,11-,12+,13-,14+,15+,16-,19+,20+/m0/s1. The molecule has 0 aromatic carbocycles. The molecule has 2 aliphatic carbocycles. The van der Waals surface area contributed by atoms with E-state index < -0.39 is 0 Å². The number of carbonyl (C=O) groups is 2. The van der Waals surface area contributed by atoms with Crippen molar-refractivity contribution in [1.29, 1.82) is 0 Å². The quantitative estimate of drug-likeness (QED) is 0.425. The Bertz CT molecular complexity index is 709. The third-order valence-electron chi connectivity index (χ3n) is 7.69. The van der Waals surface area contributed by atoms with Crippen molar-refractivity contribution < 1.29 is 28.5 Å². The molecule has 3 aliphatic heterocycles. The average Bonchev–Trinajstić information content (AvgIpc) is 3.51. The molecule has 0 bridgehead atoms. The minimum Gasteiger partial charge on any atom is -0.461 e. The van der Waals surface area contributed by atoms with Crippen LogP contribution in [0.5, 0.6) is 0 Å². The number of ether oxygens (including phenoxy) is 4. The lowest BCUT2D eigenvalue weighted by atomic mass is 9.51. The Labute approximate surface area is 153 Å². The van der Waals surface area contributed by atoms with Crippen LogP contribution in [0, 0.1) is 23.2 Å². The van der Waals surface area contributed by atoms with E-state index in [0.29, 0.717) is 12.2 Å². The van der Waals surface area contributed by atoms with Gasteiger partial charge in [0.25, 0.3) is 0 Å². The van der Waals surface area contributed by atoms with E-state index in [1.807, 2.05) is 13.8 Å². The van der Waals surface area contributed by atoms with Gasteiger partial charge in [0.1, 0.15) is 30.0 Å². The van der Waals surface area contributed by atoms with Crippen LogP contribution in [-0.4, -0.2) is 48.6 Å². The monoisotopic (exact) mass is 362 g/mol. The molecule has 5 rings (SSSR count). The fraction of sp³-hybridized carbons (Fsp3) is 0.800. The van der Waals surface area contributed by atoms with Gasteiger partial charge in [0.05, 0.1) is 12.5 Å². The summed E-state index contributed by atoms with van der Waals surface area (Å²) in [7, 11) is 0. The van der Waals surface area contributed by atoms with Gasteiger partial charge < -0.3 is 18.9 Å². The summed E-state index contributed by atoms with van der Waals surface area (Å²) < 4.78 is 23.8. The van der Waals surface area contributed by atoms with Gasteiger partial charge in [-0.05, 0) is 26.7 Å². The van der Waals surface area contributed by atoms with Crippen LogP contribution in [0.3, 0.4) is 0 Å². The summed E-state index contributed by atoms with van der Waals surface area (Å²) in [5.74, 6) is -0.263. The van der Waals surface area contributed by atoms with E-state index >= 15 is 0 Å². The molecule has 0 amide bonds. The van der Waals surface area contributed by atoms with Crippen molar-refractivity contribution >= 4 is 11.9 Å². The maximum Gasteiger partial charge on any atom is 0.333 e. The first-order chi connectivity index (χ1) is 12.3. The SMILES string of the molecule is C/C=C(/C)C(=O)O[C@@H]1[C@@H]2O[C@@H]2[C@@]2(CO2)[C@@H]2[C@@H]3OC(=O)[C@@H](C)[C@@H]3CC[C@@]12C. The molecule has 6 heteroatoms. The van der Waals surface area contributed by atoms with E-state index in [-0.39, 0.29) is 65.1 Å². The Hall–Kier alpha value is -1.40. The summed E-state index contributed by atoms with van der Waals surface area (Å²) in [4.78, 5) is 24.7. The Morgan fingerprint density at radius 3 is 2.73 bits per heavy atom. The van der Waals surface area contributed by atoms with Gasteiger partial charge in [-0.25, -0.2) is 4.79 Å². The molecule has 5 fully saturated rings. The molecule has 0 N–H and O–H groups in total. The maximum atomic E-state index is 12.5. The third-order valence-corrected chi connectivity index (χ3v) is 7.69. The van der Waals surface area contributed by atoms with Crippen molar-refractivity contribution in [2.75, 3.05) is 6.61 Å². The lowest BCUT2D eigenvalue weighted by molar-refractivity contribution is -0.182. The molecule has 0 radical (unpaired) electrons. The number of fused-ring (bicyclic) bond motifs is 6. The van der Waals surface area contributed by atoms with E-state index in [0.717, 1.165) is 12.8 Å². The second-order valence-electron chi connectivity index (χ2n) is 8.94. The van der Waals surface area contributed by atoms with E-state index in [1.165, 1.54) is 0 Å². The zero-order valence-electron chi connectivity index (χ0n) is 15.7. The van der Waals surface area contributed by atoms with Gasteiger partial charge in [-0.15, -0.1) is 0 Å². The molecule has 3 heterocycles. The number of hydrogen-bond acceptors (Lipinski definition) is 6. The summed E-state index contributed by atoms with van der Waals surface area (Å²) in [5.41, 5.74) is -0.0884. The summed E-state index contributed by atoms with van der Waals surface area (Å²) in [6.07, 6.45) is 2.87. The fourth-order valence-corrected chi connectivity index (χ4v) is 5.94. The fourth-order valence-electron chi connectivity index (χ4n) is 5.94. The lowest BCUT2D eigenvalue weighted by Gasteiger charge is -2.53. The van der Waals surface area contributed by atoms with Gasteiger partial charge in [-0.1, -0.05) is 19.9 Å². The maximum absolute atomic E-state index is 12.5. The largest absolute Gasteiger partial charge is 0.461 e. The highest BCUT2D eigenvalue weighted by Gasteiger charge is 2.82. The van der Waals surface area contributed by atoms with Crippen molar-refractivity contribution in [3.05, 3.63) is 11.6 Å². The molecule has 2 saturated carbocycles. The molecule has 1 spiro atoms. The number of hydrogen-bond donors (Lipinski definition) is 0. The van der Waals surface area contributed by atoms with Crippen molar-refractivity contribution in [1.82, 2.24) is 0 Å². The number of rotatable bonds is 2. The highest BCUT2D eigenvalue weighted by Crippen LogP contribution is 2.68. The van der Waals surface area contributed by atoms with Crippen LogP contribution in [0.2, 0.25) is 0 Å². The first-order valence-corrected chi connectivity index (χ1v) is 9.67. The number of epoxide rings is 2. The van der Waals surface area contributed by atoms with Crippen LogP contribution in [0.15, 0.2) is 11.6 Å². The minimum absolute atomic E-state index is 0.00936. The average molecular weight is 362 g/mol. The van der Waals surface area contributed by atoms with Crippen molar-refractivity contribution in [2.24, 2.45) is 23.2 Å². The number of esters is 2. The van der Waals surface area contributed by atoms with Crippen LogP contribution >= 0.6 is 0 Å². The van der Waals surface area contributed by atoms with Crippen LogP contribution < -0.4 is 0 Å². The molecule has 5 aliphatic rings. The van der Waals surface area contributed by atoms with Crippen LogP contribution in [-0.2, 0) is 28.5 Å². The number of carbonyl (C=O) groups excluding carboxylic acids is 2. The van der Waals surface area contributed by atoms with Gasteiger partial charge in [-0.2, -0.15) is 0 Å². The zero-order valence-corrected chi connectivity index (χ0v) is 15.7. The zero-order chi connectivity index (χ0) is 18.4. The second-order valence-corrected chi connectivity index (χ2v) is 8.94. The Morgan fingerprint density at radius 1 is 1.35 bits per heavy atom. The molecule has 26 heavy (non-hydrogen) atoms. The molecule has 0 aromatic heterocycles. The van der Waals surface area contributed by atoms with Crippen LogP contribution in [0.4, 0.5) is 0 Å². The number of allylic oxidation sites excluding steroid dienone is 1. The summed E-state index contributed by atoms with van der Waals surface area (Å²) >= 11 is 0. The summed E-state index contributed by atoms with van der Waals surface area (Å²) in [6, 6.07) is 0. The Morgan fingerprint density at radius 2 is 2.08 bits per heavy atom. The van der Waals surface area contributed by atoms with E-state index in [9.17, 15) is 9.59 Å². The molecular weight excluding hydrogens is 336 g/mol. The molecule has 6 nitrogen and oxygen atoms in total. The molecule has 0 aromatic rings. The van der Waals surface area contributed by atoms with E-state index in [1.54, 1.807) is 13.0 Å². The molecule has 3 saturated heterocycles. The van der Waals surface area contributed by atoms with E-state index in [2.05, 4.69) is 6.92 Å². The van der Waals surface area contributed by atoms with Gasteiger partial charge >= 0.3 is 11.9 Å². The van der Waals surface area contributed by atoms with Gasteiger partial charge in [-0.3, -0.25) is 4.79 Å². The highest BCUT2D eigenvalue weighted by molar-refractivity contribution is 5.87. The predicted molar refractivity (Wildman–Crippen MR) is 90.0 cm³/mol. The lowest BCUT2D eigenvalue weighted by Crippen LogP contribution is -2.63. The van der Waals surface area contributed by atoms with Crippen molar-refractivity contribution in [3.8, 4) is 0 Å². The molecular formula is C20H26O6. The topological polar surface area (TPSA) is 77.7 Å². The first-order valence-electron chi connectivity index (χ1n) is 9.67. The van der Waals surface area contributed by atoms with Gasteiger partial charge in [0, 0.05) is 22.8 Å². The van der Waals surface area contributed by atoms with Gasteiger partial charge in [0.15, 0.2) is 0 Å². The minimum atomic E-state index is -0.369. The third kappa shape index (κ3) is 1.95. The summed E-state index contributed by atoms with van der Waals surface area (Å²) in [5, 5.41) is 0. The normalized spacial score (nSPS) is 54.1. The van der Waals surface area contributed by atoms with Crippen LogP contribution in [0.1, 0.15) is 40.5 Å². The highest BCUT2D eigenvalue weighted by atomic mass is 16.7. The smallest absolute Gasteiger partial charge is 0.333 e. The van der Waals surface area contributed by atoms with Crippen molar-refractivity contribution in [3.63, 3.8) is 0 Å². The molecule has 142 valence electrons. The van der Waals surface area contributed by atoms with Crippen LogP contribution in [0.25, 0.3) is 0 Å². The second kappa shape index (κ2) is 5.10. The van der Waals surface area contributed by atoms with Crippen molar-refractivity contribution in [2.45, 2.75) is 70.6 Å². The molecule has 0 unspecified atom stereocenters.